The lowest BCUT2D eigenvalue weighted by molar-refractivity contribution is -0.203. The average molecular weight is 426 g/mol. The number of rotatable bonds is 3. The van der Waals surface area contributed by atoms with E-state index in [4.69, 9.17) is 0 Å². The quantitative estimate of drug-likeness (QED) is 0.729. The van der Waals surface area contributed by atoms with Crippen LogP contribution in [0.3, 0.4) is 0 Å². The summed E-state index contributed by atoms with van der Waals surface area (Å²) in [5.74, 6) is -2.28. The summed E-state index contributed by atoms with van der Waals surface area (Å²) in [6.07, 6.45) is -13.7. The van der Waals surface area contributed by atoms with Gasteiger partial charge in [0.2, 0.25) is 5.56 Å². The molecule has 29 heavy (non-hydrogen) atoms. The number of benzene rings is 1. The maximum Gasteiger partial charge on any atom is 0.417 e. The van der Waals surface area contributed by atoms with Crippen LogP contribution in [0.25, 0.3) is 10.9 Å². The lowest BCUT2D eigenvalue weighted by Gasteiger charge is -2.35. The first-order valence-electron chi connectivity index (χ1n) is 8.69. The molecule has 160 valence electrons. The third-order valence-corrected chi connectivity index (χ3v) is 5.07. The molecule has 2 heterocycles. The van der Waals surface area contributed by atoms with Gasteiger partial charge in [0.25, 0.3) is 0 Å². The van der Waals surface area contributed by atoms with Crippen molar-refractivity contribution in [2.75, 3.05) is 11.4 Å². The van der Waals surface area contributed by atoms with Gasteiger partial charge < -0.3 is 15.0 Å². The number of fused-ring (bicyclic) bond motifs is 1. The van der Waals surface area contributed by atoms with Crippen molar-refractivity contribution in [3.8, 4) is 0 Å². The summed E-state index contributed by atoms with van der Waals surface area (Å²) in [5.41, 5.74) is -2.43. The Morgan fingerprint density at radius 1 is 1.17 bits per heavy atom. The maximum atomic E-state index is 14.0. The molecule has 0 radical (unpaired) electrons. The number of hydrogen-bond donors (Lipinski definition) is 2. The van der Waals surface area contributed by atoms with Crippen LogP contribution < -0.4 is 10.5 Å². The standard InChI is InChI=1S/C18H17F7N2O2/c1-8(28)16(18(23,24)25)14-4-9(19)7-27(14)10-2-3-13-11(5-10)12(17(20,21)22)6-15(29)26-13/h2-3,5-6,8-9,14,16,28H,4,7H2,1H3,(H,26,29)/t8?,9-,14+,16+/m0/s1. The van der Waals surface area contributed by atoms with Gasteiger partial charge in [-0.3, -0.25) is 4.79 Å². The van der Waals surface area contributed by atoms with Crippen molar-refractivity contribution >= 4 is 16.6 Å². The SMILES string of the molecule is CC(O)[C@H]([C@H]1C[C@H](F)CN1c1ccc2[nH]c(=O)cc(C(F)(F)F)c2c1)C(F)(F)F. The first-order valence-corrected chi connectivity index (χ1v) is 8.69. The molecule has 4 atom stereocenters. The summed E-state index contributed by atoms with van der Waals surface area (Å²) in [7, 11) is 0. The second-order valence-electron chi connectivity index (χ2n) is 7.14. The van der Waals surface area contributed by atoms with Gasteiger partial charge in [0, 0.05) is 41.7 Å². The minimum Gasteiger partial charge on any atom is -0.393 e. The largest absolute Gasteiger partial charge is 0.417 e. The first kappa shape index (κ1) is 21.4. The van der Waals surface area contributed by atoms with Crippen molar-refractivity contribution in [2.24, 2.45) is 5.92 Å². The Morgan fingerprint density at radius 3 is 2.38 bits per heavy atom. The molecule has 1 aromatic carbocycles. The molecular formula is C18H17F7N2O2. The molecule has 1 aromatic heterocycles. The van der Waals surface area contributed by atoms with Gasteiger partial charge in [-0.05, 0) is 25.1 Å². The minimum absolute atomic E-state index is 0.0601. The zero-order valence-corrected chi connectivity index (χ0v) is 15.0. The van der Waals surface area contributed by atoms with Crippen molar-refractivity contribution < 1.29 is 35.8 Å². The summed E-state index contributed by atoms with van der Waals surface area (Å²) >= 11 is 0. The number of halogens is 7. The number of aromatic amines is 1. The lowest BCUT2D eigenvalue weighted by Crippen LogP contribution is -2.48. The highest BCUT2D eigenvalue weighted by atomic mass is 19.4. The second kappa shape index (κ2) is 7.19. The van der Waals surface area contributed by atoms with Gasteiger partial charge in [0.05, 0.1) is 11.7 Å². The summed E-state index contributed by atoms with van der Waals surface area (Å²) in [4.78, 5) is 14.8. The molecule has 0 aliphatic carbocycles. The van der Waals surface area contributed by atoms with E-state index in [9.17, 15) is 40.6 Å². The molecule has 1 aliphatic rings. The van der Waals surface area contributed by atoms with Crippen molar-refractivity contribution in [1.29, 1.82) is 0 Å². The van der Waals surface area contributed by atoms with Gasteiger partial charge >= 0.3 is 12.4 Å². The van der Waals surface area contributed by atoms with E-state index in [1.54, 1.807) is 0 Å². The molecule has 0 bridgehead atoms. The predicted molar refractivity (Wildman–Crippen MR) is 91.4 cm³/mol. The fourth-order valence-electron chi connectivity index (χ4n) is 3.92. The van der Waals surface area contributed by atoms with Gasteiger partial charge in [0.1, 0.15) is 12.1 Å². The third-order valence-electron chi connectivity index (χ3n) is 5.07. The highest BCUT2D eigenvalue weighted by Crippen LogP contribution is 2.42. The van der Waals surface area contributed by atoms with E-state index in [0.29, 0.717) is 6.07 Å². The number of aliphatic hydroxyl groups excluding tert-OH is 1. The van der Waals surface area contributed by atoms with Crippen LogP contribution >= 0.6 is 0 Å². The molecular weight excluding hydrogens is 409 g/mol. The summed E-state index contributed by atoms with van der Waals surface area (Å²) < 4.78 is 94.4. The molecule has 3 rings (SSSR count). The van der Waals surface area contributed by atoms with E-state index in [-0.39, 0.29) is 11.2 Å². The van der Waals surface area contributed by atoms with E-state index in [2.05, 4.69) is 4.98 Å². The van der Waals surface area contributed by atoms with Gasteiger partial charge in [-0.15, -0.1) is 0 Å². The fraction of sp³-hybridized carbons (Fsp3) is 0.500. The van der Waals surface area contributed by atoms with Crippen molar-refractivity contribution in [1.82, 2.24) is 4.98 Å². The minimum atomic E-state index is -4.87. The summed E-state index contributed by atoms with van der Waals surface area (Å²) in [5, 5.41) is 9.23. The van der Waals surface area contributed by atoms with Crippen molar-refractivity contribution in [3.05, 3.63) is 40.2 Å². The van der Waals surface area contributed by atoms with E-state index in [1.165, 1.54) is 6.07 Å². The first-order chi connectivity index (χ1) is 13.3. The number of alkyl halides is 7. The van der Waals surface area contributed by atoms with Crippen LogP contribution in [0, 0.1) is 5.92 Å². The number of aliphatic hydroxyl groups is 1. The highest BCUT2D eigenvalue weighted by molar-refractivity contribution is 5.86. The molecule has 0 spiro atoms. The Bertz CT molecular complexity index is 952. The van der Waals surface area contributed by atoms with Crippen LogP contribution in [-0.2, 0) is 6.18 Å². The summed E-state index contributed by atoms with van der Waals surface area (Å²) in [6, 6.07) is 2.21. The number of aromatic nitrogens is 1. The highest BCUT2D eigenvalue weighted by Gasteiger charge is 2.52. The van der Waals surface area contributed by atoms with Crippen LogP contribution in [0.1, 0.15) is 18.9 Å². The Morgan fingerprint density at radius 2 is 1.83 bits per heavy atom. The number of hydrogen-bond acceptors (Lipinski definition) is 3. The molecule has 1 saturated heterocycles. The molecule has 0 amide bonds. The van der Waals surface area contributed by atoms with E-state index in [0.717, 1.165) is 24.0 Å². The predicted octanol–water partition coefficient (Wildman–Crippen LogP) is 4.02. The number of anilines is 1. The average Bonchev–Trinajstić information content (AvgIpc) is 2.92. The molecule has 1 unspecified atom stereocenters. The normalized spacial score (nSPS) is 22.9. The van der Waals surface area contributed by atoms with Gasteiger partial charge in [0.15, 0.2) is 0 Å². The topological polar surface area (TPSA) is 56.3 Å². The zero-order valence-electron chi connectivity index (χ0n) is 15.0. The Balaban J connectivity index is 2.13. The smallest absolute Gasteiger partial charge is 0.393 e. The molecule has 1 fully saturated rings. The Labute approximate surface area is 159 Å². The van der Waals surface area contributed by atoms with E-state index >= 15 is 0 Å². The van der Waals surface area contributed by atoms with Crippen LogP contribution in [0.15, 0.2) is 29.1 Å². The Kier molecular flexibility index (Phi) is 5.31. The lowest BCUT2D eigenvalue weighted by atomic mass is 9.91. The zero-order chi connectivity index (χ0) is 21.7. The van der Waals surface area contributed by atoms with Crippen molar-refractivity contribution in [2.45, 2.75) is 44.0 Å². The maximum absolute atomic E-state index is 14.0. The second-order valence-corrected chi connectivity index (χ2v) is 7.14. The van der Waals surface area contributed by atoms with Crippen LogP contribution in [0.2, 0.25) is 0 Å². The molecule has 2 N–H and O–H groups in total. The third kappa shape index (κ3) is 4.19. The van der Waals surface area contributed by atoms with E-state index in [1.807, 2.05) is 0 Å². The molecule has 0 saturated carbocycles. The molecule has 1 aliphatic heterocycles. The van der Waals surface area contributed by atoms with Gasteiger partial charge in [-0.1, -0.05) is 0 Å². The number of nitrogens with zero attached hydrogens (tertiary/aromatic N) is 1. The number of H-pyrrole nitrogens is 1. The molecule has 11 heteroatoms. The van der Waals surface area contributed by atoms with Crippen LogP contribution in [-0.4, -0.2) is 41.1 Å². The number of pyridine rings is 1. The van der Waals surface area contributed by atoms with E-state index < -0.39 is 66.1 Å². The van der Waals surface area contributed by atoms with Crippen molar-refractivity contribution in [3.63, 3.8) is 0 Å². The van der Waals surface area contributed by atoms with Gasteiger partial charge in [-0.25, -0.2) is 4.39 Å². The van der Waals surface area contributed by atoms with Crippen LogP contribution in [0.5, 0.6) is 0 Å². The molecule has 4 nitrogen and oxygen atoms in total. The monoisotopic (exact) mass is 426 g/mol. The summed E-state index contributed by atoms with van der Waals surface area (Å²) in [6.45, 7) is 0.481. The fourth-order valence-corrected chi connectivity index (χ4v) is 3.92. The molecule has 2 aromatic rings. The van der Waals surface area contributed by atoms with Crippen LogP contribution in [0.4, 0.5) is 36.4 Å². The number of nitrogens with one attached hydrogen (secondary N) is 1. The van der Waals surface area contributed by atoms with Gasteiger partial charge in [-0.2, -0.15) is 26.3 Å². The Hall–Kier alpha value is -2.30.